The second-order valence-corrected chi connectivity index (χ2v) is 8.59. The lowest BCUT2D eigenvalue weighted by Crippen LogP contribution is -2.35. The van der Waals surface area contributed by atoms with Gasteiger partial charge < -0.3 is 10.1 Å². The standard InChI is InChI=1S/C20H23NO4S/c1-26(23,24)19-11-9-16(10-12-19)15-5-7-17(8-6-15)20(22)21-14-18-4-2-3-13-25-18/h5-12,18H,2-4,13-14H2,1H3,(H,21,22)/t18-/m0/s1. The highest BCUT2D eigenvalue weighted by Crippen LogP contribution is 2.22. The summed E-state index contributed by atoms with van der Waals surface area (Å²) in [5.41, 5.74) is 2.43. The maximum atomic E-state index is 12.3. The minimum absolute atomic E-state index is 0.111. The Morgan fingerprint density at radius 3 is 2.19 bits per heavy atom. The summed E-state index contributed by atoms with van der Waals surface area (Å²) in [6.07, 6.45) is 4.53. The summed E-state index contributed by atoms with van der Waals surface area (Å²) in [5.74, 6) is -0.113. The van der Waals surface area contributed by atoms with Gasteiger partial charge in [0.2, 0.25) is 0 Å². The third kappa shape index (κ3) is 4.71. The Balaban J connectivity index is 1.63. The molecule has 1 heterocycles. The van der Waals surface area contributed by atoms with Crippen LogP contribution in [0, 0.1) is 0 Å². The summed E-state index contributed by atoms with van der Waals surface area (Å²) < 4.78 is 28.7. The van der Waals surface area contributed by atoms with Crippen LogP contribution in [0.1, 0.15) is 29.6 Å². The number of sulfone groups is 1. The molecule has 0 saturated carbocycles. The number of carbonyl (C=O) groups is 1. The summed E-state index contributed by atoms with van der Waals surface area (Å²) in [4.78, 5) is 12.6. The van der Waals surface area contributed by atoms with Crippen LogP contribution < -0.4 is 5.32 Å². The van der Waals surface area contributed by atoms with E-state index in [-0.39, 0.29) is 12.0 Å². The Labute approximate surface area is 154 Å². The average molecular weight is 373 g/mol. The molecule has 1 amide bonds. The molecule has 3 rings (SSSR count). The summed E-state index contributed by atoms with van der Waals surface area (Å²) in [7, 11) is -3.20. The topological polar surface area (TPSA) is 72.5 Å². The minimum atomic E-state index is -3.20. The SMILES string of the molecule is CS(=O)(=O)c1ccc(-c2ccc(C(=O)NC[C@@H]3CCCCO3)cc2)cc1. The smallest absolute Gasteiger partial charge is 0.251 e. The van der Waals surface area contributed by atoms with Gasteiger partial charge in [0.25, 0.3) is 5.91 Å². The fraction of sp³-hybridized carbons (Fsp3) is 0.350. The van der Waals surface area contributed by atoms with Crippen molar-refractivity contribution < 1.29 is 17.9 Å². The van der Waals surface area contributed by atoms with Gasteiger partial charge in [-0.2, -0.15) is 0 Å². The molecule has 0 spiro atoms. The molecule has 1 aliphatic rings. The van der Waals surface area contributed by atoms with E-state index < -0.39 is 9.84 Å². The molecule has 0 aromatic heterocycles. The van der Waals surface area contributed by atoms with E-state index in [9.17, 15) is 13.2 Å². The van der Waals surface area contributed by atoms with Crippen molar-refractivity contribution in [2.45, 2.75) is 30.3 Å². The zero-order valence-electron chi connectivity index (χ0n) is 14.8. The number of carbonyl (C=O) groups excluding carboxylic acids is 1. The van der Waals surface area contributed by atoms with E-state index in [1.807, 2.05) is 12.1 Å². The third-order valence-electron chi connectivity index (χ3n) is 4.53. The van der Waals surface area contributed by atoms with Gasteiger partial charge >= 0.3 is 0 Å². The van der Waals surface area contributed by atoms with Crippen LogP contribution in [0.5, 0.6) is 0 Å². The van der Waals surface area contributed by atoms with Crippen LogP contribution >= 0.6 is 0 Å². The number of amides is 1. The number of rotatable bonds is 5. The van der Waals surface area contributed by atoms with Crippen molar-refractivity contribution in [1.82, 2.24) is 5.32 Å². The van der Waals surface area contributed by atoms with Crippen molar-refractivity contribution >= 4 is 15.7 Å². The van der Waals surface area contributed by atoms with Gasteiger partial charge in [0.05, 0.1) is 11.0 Å². The minimum Gasteiger partial charge on any atom is -0.376 e. The van der Waals surface area contributed by atoms with Crippen molar-refractivity contribution in [2.24, 2.45) is 0 Å². The first-order valence-corrected chi connectivity index (χ1v) is 10.6. The Morgan fingerprint density at radius 2 is 1.65 bits per heavy atom. The highest BCUT2D eigenvalue weighted by molar-refractivity contribution is 7.90. The van der Waals surface area contributed by atoms with E-state index in [1.165, 1.54) is 6.26 Å². The van der Waals surface area contributed by atoms with E-state index in [0.29, 0.717) is 17.0 Å². The van der Waals surface area contributed by atoms with Gasteiger partial charge in [-0.3, -0.25) is 4.79 Å². The molecule has 1 saturated heterocycles. The zero-order valence-corrected chi connectivity index (χ0v) is 15.6. The predicted molar refractivity (Wildman–Crippen MR) is 101 cm³/mol. The van der Waals surface area contributed by atoms with Crippen LogP contribution in [0.4, 0.5) is 0 Å². The van der Waals surface area contributed by atoms with Gasteiger partial charge in [-0.15, -0.1) is 0 Å². The predicted octanol–water partition coefficient (Wildman–Crippen LogP) is 3.06. The van der Waals surface area contributed by atoms with E-state index in [0.717, 1.165) is 37.0 Å². The maximum absolute atomic E-state index is 12.3. The largest absolute Gasteiger partial charge is 0.376 e. The van der Waals surface area contributed by atoms with Crippen molar-refractivity contribution in [1.29, 1.82) is 0 Å². The van der Waals surface area contributed by atoms with Crippen LogP contribution in [0.25, 0.3) is 11.1 Å². The summed E-state index contributed by atoms with van der Waals surface area (Å²) in [6.45, 7) is 1.31. The van der Waals surface area contributed by atoms with E-state index in [2.05, 4.69) is 5.32 Å². The lowest BCUT2D eigenvalue weighted by atomic mass is 10.0. The molecule has 5 nitrogen and oxygen atoms in total. The fourth-order valence-corrected chi connectivity index (χ4v) is 3.62. The second kappa shape index (κ2) is 8.01. The highest BCUT2D eigenvalue weighted by Gasteiger charge is 2.15. The molecule has 1 fully saturated rings. The monoisotopic (exact) mass is 373 g/mol. The number of hydrogen-bond donors (Lipinski definition) is 1. The first-order valence-electron chi connectivity index (χ1n) is 8.74. The van der Waals surface area contributed by atoms with E-state index >= 15 is 0 Å². The van der Waals surface area contributed by atoms with Crippen molar-refractivity contribution in [3.63, 3.8) is 0 Å². The molecule has 138 valence electrons. The van der Waals surface area contributed by atoms with Gasteiger partial charge in [0.1, 0.15) is 0 Å². The number of nitrogens with one attached hydrogen (secondary N) is 1. The van der Waals surface area contributed by atoms with Crippen molar-refractivity contribution in [2.75, 3.05) is 19.4 Å². The highest BCUT2D eigenvalue weighted by atomic mass is 32.2. The van der Waals surface area contributed by atoms with Crippen molar-refractivity contribution in [3.8, 4) is 11.1 Å². The van der Waals surface area contributed by atoms with Gasteiger partial charge in [-0.1, -0.05) is 24.3 Å². The van der Waals surface area contributed by atoms with Crippen LogP contribution in [-0.4, -0.2) is 39.8 Å². The van der Waals surface area contributed by atoms with Gasteiger partial charge in [0, 0.05) is 25.0 Å². The maximum Gasteiger partial charge on any atom is 0.251 e. The molecule has 1 atom stereocenters. The Kier molecular flexibility index (Phi) is 5.74. The quantitative estimate of drug-likeness (QED) is 0.874. The lowest BCUT2D eigenvalue weighted by Gasteiger charge is -2.22. The number of ether oxygens (including phenoxy) is 1. The van der Waals surface area contributed by atoms with Gasteiger partial charge in [0.15, 0.2) is 9.84 Å². The molecule has 1 aliphatic heterocycles. The first kappa shape index (κ1) is 18.6. The average Bonchev–Trinajstić information content (AvgIpc) is 2.66. The molecule has 0 radical (unpaired) electrons. The molecule has 6 heteroatoms. The van der Waals surface area contributed by atoms with Crippen LogP contribution in [0.3, 0.4) is 0 Å². The fourth-order valence-electron chi connectivity index (χ4n) is 2.99. The molecular formula is C20H23NO4S. The Hall–Kier alpha value is -2.18. The van der Waals surface area contributed by atoms with Crippen LogP contribution in [-0.2, 0) is 14.6 Å². The van der Waals surface area contributed by atoms with E-state index in [1.54, 1.807) is 36.4 Å². The summed E-state index contributed by atoms with van der Waals surface area (Å²) >= 11 is 0. The molecular weight excluding hydrogens is 350 g/mol. The number of benzene rings is 2. The molecule has 0 aliphatic carbocycles. The number of hydrogen-bond acceptors (Lipinski definition) is 4. The first-order chi connectivity index (χ1) is 12.4. The molecule has 1 N–H and O–H groups in total. The Bertz CT molecular complexity index is 852. The van der Waals surface area contributed by atoms with Crippen LogP contribution in [0.15, 0.2) is 53.4 Å². The second-order valence-electron chi connectivity index (χ2n) is 6.57. The zero-order chi connectivity index (χ0) is 18.6. The van der Waals surface area contributed by atoms with E-state index in [4.69, 9.17) is 4.74 Å². The summed E-state index contributed by atoms with van der Waals surface area (Å²) in [5, 5.41) is 2.92. The van der Waals surface area contributed by atoms with Crippen LogP contribution in [0.2, 0.25) is 0 Å². The lowest BCUT2D eigenvalue weighted by molar-refractivity contribution is 0.0169. The molecule has 0 bridgehead atoms. The van der Waals surface area contributed by atoms with Gasteiger partial charge in [-0.25, -0.2) is 8.42 Å². The Morgan fingerprint density at radius 1 is 1.04 bits per heavy atom. The summed E-state index contributed by atoms with van der Waals surface area (Å²) in [6, 6.07) is 14.0. The van der Waals surface area contributed by atoms with Gasteiger partial charge in [-0.05, 0) is 54.7 Å². The molecule has 0 unspecified atom stereocenters. The van der Waals surface area contributed by atoms with Crippen molar-refractivity contribution in [3.05, 3.63) is 54.1 Å². The molecule has 26 heavy (non-hydrogen) atoms. The molecule has 2 aromatic rings. The molecule has 2 aromatic carbocycles. The third-order valence-corrected chi connectivity index (χ3v) is 5.66. The normalized spacial score (nSPS) is 17.7.